The van der Waals surface area contributed by atoms with Crippen LogP contribution >= 0.6 is 11.6 Å². The first-order chi connectivity index (χ1) is 9.53. The zero-order chi connectivity index (χ0) is 15.1. The van der Waals surface area contributed by atoms with Gasteiger partial charge in [-0.05, 0) is 24.1 Å². The minimum absolute atomic E-state index is 0.464. The normalized spacial score (nSPS) is 11.8. The highest BCUT2D eigenvalue weighted by Crippen LogP contribution is 2.38. The maximum absolute atomic E-state index is 6.39. The van der Waals surface area contributed by atoms with Gasteiger partial charge in [-0.3, -0.25) is 0 Å². The van der Waals surface area contributed by atoms with E-state index in [0.29, 0.717) is 22.6 Å². The van der Waals surface area contributed by atoms with Crippen LogP contribution in [-0.2, 0) is 0 Å². The summed E-state index contributed by atoms with van der Waals surface area (Å²) in [5, 5.41) is 4.01. The van der Waals surface area contributed by atoms with Crippen LogP contribution < -0.4 is 14.8 Å². The zero-order valence-electron chi connectivity index (χ0n) is 12.9. The van der Waals surface area contributed by atoms with Crippen LogP contribution in [0, 0.1) is 0 Å². The summed E-state index contributed by atoms with van der Waals surface area (Å²) in [5.74, 6) is 1.23. The summed E-state index contributed by atoms with van der Waals surface area (Å²) in [4.78, 5) is 0. The van der Waals surface area contributed by atoms with E-state index in [2.05, 4.69) is 32.2 Å². The number of nitrogens with one attached hydrogen (secondary N) is 1. The van der Waals surface area contributed by atoms with Gasteiger partial charge in [-0.25, -0.2) is 0 Å². The first-order valence-corrected chi connectivity index (χ1v) is 7.24. The topological polar surface area (TPSA) is 30.5 Å². The Kier molecular flexibility index (Phi) is 6.89. The van der Waals surface area contributed by atoms with E-state index < -0.39 is 0 Å². The lowest BCUT2D eigenvalue weighted by Crippen LogP contribution is -2.24. The van der Waals surface area contributed by atoms with Crippen molar-refractivity contribution in [1.82, 2.24) is 5.32 Å². The van der Waals surface area contributed by atoms with E-state index in [1.165, 1.54) is 5.57 Å². The summed E-state index contributed by atoms with van der Waals surface area (Å²) in [6, 6.07) is 4.29. The van der Waals surface area contributed by atoms with Crippen molar-refractivity contribution in [2.24, 2.45) is 0 Å². The van der Waals surface area contributed by atoms with Crippen LogP contribution in [0.3, 0.4) is 0 Å². The van der Waals surface area contributed by atoms with Crippen LogP contribution in [0.1, 0.15) is 32.8 Å². The van der Waals surface area contributed by atoms with Crippen LogP contribution in [0.25, 0.3) is 6.08 Å². The van der Waals surface area contributed by atoms with Gasteiger partial charge in [-0.15, -0.1) is 0 Å². The molecular formula is C16H24ClNO2. The largest absolute Gasteiger partial charge is 0.493 e. The van der Waals surface area contributed by atoms with Crippen LogP contribution in [-0.4, -0.2) is 26.8 Å². The molecule has 0 atom stereocenters. The molecule has 0 aromatic heterocycles. The molecule has 0 amide bonds. The summed E-state index contributed by atoms with van der Waals surface area (Å²) in [7, 11) is 3.20. The third kappa shape index (κ3) is 4.43. The maximum Gasteiger partial charge on any atom is 0.179 e. The first kappa shape index (κ1) is 16.9. The number of hydrogen-bond acceptors (Lipinski definition) is 3. The number of rotatable bonds is 7. The van der Waals surface area contributed by atoms with E-state index in [0.717, 1.165) is 18.5 Å². The summed E-state index contributed by atoms with van der Waals surface area (Å²) in [6.45, 7) is 7.27. The molecule has 1 aromatic carbocycles. The number of hydrogen-bond donors (Lipinski definition) is 1. The molecule has 1 N–H and O–H groups in total. The number of ether oxygens (including phenoxy) is 2. The third-order valence-electron chi connectivity index (χ3n) is 3.07. The van der Waals surface area contributed by atoms with Crippen LogP contribution in [0.2, 0.25) is 5.02 Å². The Labute approximate surface area is 126 Å². The Hall–Kier alpha value is -1.19. The van der Waals surface area contributed by atoms with Crippen LogP contribution in [0.15, 0.2) is 17.7 Å². The summed E-state index contributed by atoms with van der Waals surface area (Å²) in [5.41, 5.74) is 2.25. The molecule has 4 heteroatoms. The van der Waals surface area contributed by atoms with Crippen molar-refractivity contribution in [3.63, 3.8) is 0 Å². The predicted octanol–water partition coefficient (Wildman–Crippen LogP) is 4.15. The Morgan fingerprint density at radius 1 is 1.30 bits per heavy atom. The standard InChI is InChI=1S/C16H24ClNO2/c1-6-12(10-18-11(2)3)9-13-7-8-14(19-4)16(20-5)15(13)17/h7-9,11,18H,6,10H2,1-5H3. The molecule has 0 unspecified atom stereocenters. The number of halogens is 1. The molecule has 0 saturated heterocycles. The molecule has 112 valence electrons. The zero-order valence-corrected chi connectivity index (χ0v) is 13.7. The molecule has 0 bridgehead atoms. The van der Waals surface area contributed by atoms with Crippen molar-refractivity contribution in [1.29, 1.82) is 0 Å². The Bertz CT molecular complexity index is 470. The van der Waals surface area contributed by atoms with Gasteiger partial charge in [-0.2, -0.15) is 0 Å². The highest BCUT2D eigenvalue weighted by Gasteiger charge is 2.12. The highest BCUT2D eigenvalue weighted by atomic mass is 35.5. The van der Waals surface area contributed by atoms with E-state index in [-0.39, 0.29) is 0 Å². The quantitative estimate of drug-likeness (QED) is 0.820. The SMILES string of the molecule is CCC(=Cc1ccc(OC)c(OC)c1Cl)CNC(C)C. The molecule has 1 rings (SSSR count). The molecule has 0 saturated carbocycles. The van der Waals surface area contributed by atoms with Crippen LogP contribution in [0.4, 0.5) is 0 Å². The van der Waals surface area contributed by atoms with E-state index in [1.807, 2.05) is 12.1 Å². The van der Waals surface area contributed by atoms with Gasteiger partial charge in [0.15, 0.2) is 11.5 Å². The third-order valence-corrected chi connectivity index (χ3v) is 3.46. The summed E-state index contributed by atoms with van der Waals surface area (Å²) >= 11 is 6.39. The fourth-order valence-corrected chi connectivity index (χ4v) is 2.14. The van der Waals surface area contributed by atoms with Crippen molar-refractivity contribution in [3.05, 3.63) is 28.3 Å². The lowest BCUT2D eigenvalue weighted by atomic mass is 10.1. The van der Waals surface area contributed by atoms with Gasteiger partial charge in [0.05, 0.1) is 19.2 Å². The van der Waals surface area contributed by atoms with Crippen molar-refractivity contribution in [2.75, 3.05) is 20.8 Å². The minimum atomic E-state index is 0.464. The van der Waals surface area contributed by atoms with Gasteiger partial charge < -0.3 is 14.8 Å². The lowest BCUT2D eigenvalue weighted by molar-refractivity contribution is 0.355. The summed E-state index contributed by atoms with van der Waals surface area (Å²) in [6.07, 6.45) is 3.09. The molecule has 0 aliphatic carbocycles. The molecule has 0 spiro atoms. The van der Waals surface area contributed by atoms with Crippen molar-refractivity contribution in [2.45, 2.75) is 33.2 Å². The average Bonchev–Trinajstić information content (AvgIpc) is 2.44. The van der Waals surface area contributed by atoms with Crippen molar-refractivity contribution < 1.29 is 9.47 Å². The molecule has 20 heavy (non-hydrogen) atoms. The molecular weight excluding hydrogens is 274 g/mol. The molecule has 0 heterocycles. The fraction of sp³-hybridized carbons (Fsp3) is 0.500. The second kappa shape index (κ2) is 8.18. The lowest BCUT2D eigenvalue weighted by Gasteiger charge is -2.13. The second-order valence-corrected chi connectivity index (χ2v) is 5.27. The van der Waals surface area contributed by atoms with Crippen molar-refractivity contribution in [3.8, 4) is 11.5 Å². The van der Waals surface area contributed by atoms with E-state index in [4.69, 9.17) is 21.1 Å². The molecule has 3 nitrogen and oxygen atoms in total. The average molecular weight is 298 g/mol. The molecule has 0 fully saturated rings. The van der Waals surface area contributed by atoms with E-state index in [1.54, 1.807) is 14.2 Å². The Morgan fingerprint density at radius 3 is 2.50 bits per heavy atom. The van der Waals surface area contributed by atoms with Gasteiger partial charge in [0.25, 0.3) is 0 Å². The van der Waals surface area contributed by atoms with Gasteiger partial charge in [0.2, 0.25) is 0 Å². The highest BCUT2D eigenvalue weighted by molar-refractivity contribution is 6.33. The number of benzene rings is 1. The number of methoxy groups -OCH3 is 2. The van der Waals surface area contributed by atoms with Gasteiger partial charge in [0.1, 0.15) is 0 Å². The molecule has 0 aliphatic rings. The summed E-state index contributed by atoms with van der Waals surface area (Å²) < 4.78 is 10.6. The minimum Gasteiger partial charge on any atom is -0.493 e. The molecule has 0 radical (unpaired) electrons. The van der Waals surface area contributed by atoms with Crippen LogP contribution in [0.5, 0.6) is 11.5 Å². The fourth-order valence-electron chi connectivity index (χ4n) is 1.85. The molecule has 1 aromatic rings. The van der Waals surface area contributed by atoms with Gasteiger partial charge in [-0.1, -0.05) is 44.0 Å². The molecule has 0 aliphatic heterocycles. The van der Waals surface area contributed by atoms with Crippen molar-refractivity contribution >= 4 is 17.7 Å². The monoisotopic (exact) mass is 297 g/mol. The second-order valence-electron chi connectivity index (χ2n) is 4.90. The smallest absolute Gasteiger partial charge is 0.179 e. The van der Waals surface area contributed by atoms with E-state index >= 15 is 0 Å². The maximum atomic E-state index is 6.39. The van der Waals surface area contributed by atoms with Gasteiger partial charge >= 0.3 is 0 Å². The predicted molar refractivity (Wildman–Crippen MR) is 86.0 cm³/mol. The Morgan fingerprint density at radius 2 is 2.00 bits per heavy atom. The Balaban J connectivity index is 3.06. The van der Waals surface area contributed by atoms with E-state index in [9.17, 15) is 0 Å². The first-order valence-electron chi connectivity index (χ1n) is 6.86. The van der Waals surface area contributed by atoms with Gasteiger partial charge in [0, 0.05) is 12.6 Å².